The average molecular weight is 194 g/mol. The first-order valence-electron chi connectivity index (χ1n) is 5.78. The zero-order chi connectivity index (χ0) is 10.4. The molecule has 0 amide bonds. The summed E-state index contributed by atoms with van der Waals surface area (Å²) in [5.74, 6) is 6.30. The molecule has 14 heavy (non-hydrogen) atoms. The number of nitrogens with two attached hydrogens (primary N) is 1. The summed E-state index contributed by atoms with van der Waals surface area (Å²) in [5.41, 5.74) is 2.07. The summed E-state index contributed by atoms with van der Waals surface area (Å²) >= 11 is 0. The summed E-state index contributed by atoms with van der Waals surface area (Å²) in [4.78, 5) is 0. The minimum Gasteiger partial charge on any atom is -0.323 e. The molecule has 0 aromatic carbocycles. The first-order chi connectivity index (χ1) is 6.50. The molecule has 2 rings (SSSR count). The van der Waals surface area contributed by atoms with Crippen molar-refractivity contribution in [3.63, 3.8) is 0 Å². The van der Waals surface area contributed by atoms with E-state index in [9.17, 15) is 0 Å². The molecule has 0 heterocycles. The van der Waals surface area contributed by atoms with Crippen molar-refractivity contribution in [1.29, 1.82) is 0 Å². The maximum atomic E-state index is 5.50. The molecule has 2 saturated carbocycles. The Hall–Kier alpha value is -0.530. The maximum Gasteiger partial charge on any atom is 0.0437 e. The van der Waals surface area contributed by atoms with Gasteiger partial charge in [-0.05, 0) is 37.0 Å². The van der Waals surface area contributed by atoms with Gasteiger partial charge in [0.15, 0.2) is 0 Å². The Morgan fingerprint density at radius 3 is 2.64 bits per heavy atom. The van der Waals surface area contributed by atoms with E-state index in [2.05, 4.69) is 25.9 Å². The van der Waals surface area contributed by atoms with Crippen LogP contribution in [-0.2, 0) is 0 Å². The Balaban J connectivity index is 2.35. The van der Waals surface area contributed by atoms with Gasteiger partial charge in [0.25, 0.3) is 0 Å². The molecule has 0 spiro atoms. The minimum atomic E-state index is 0.316. The largest absolute Gasteiger partial charge is 0.323 e. The van der Waals surface area contributed by atoms with Gasteiger partial charge >= 0.3 is 0 Å². The van der Waals surface area contributed by atoms with Crippen LogP contribution in [0.15, 0.2) is 5.10 Å². The smallest absolute Gasteiger partial charge is 0.0437 e. The molecule has 0 aromatic heterocycles. The molecule has 2 heteroatoms. The van der Waals surface area contributed by atoms with Crippen LogP contribution >= 0.6 is 0 Å². The van der Waals surface area contributed by atoms with Gasteiger partial charge in [0.1, 0.15) is 0 Å². The van der Waals surface area contributed by atoms with E-state index in [-0.39, 0.29) is 0 Å². The number of nitrogens with zero attached hydrogens (tertiary/aromatic N) is 1. The van der Waals surface area contributed by atoms with E-state index in [0.717, 1.165) is 12.3 Å². The zero-order valence-corrected chi connectivity index (χ0v) is 9.64. The van der Waals surface area contributed by atoms with Crippen LogP contribution < -0.4 is 5.84 Å². The van der Waals surface area contributed by atoms with E-state index in [1.165, 1.54) is 31.4 Å². The van der Waals surface area contributed by atoms with Gasteiger partial charge in [-0.1, -0.05) is 27.2 Å². The fourth-order valence-electron chi connectivity index (χ4n) is 3.96. The summed E-state index contributed by atoms with van der Waals surface area (Å²) in [6.07, 6.45) is 6.40. The van der Waals surface area contributed by atoms with Crippen molar-refractivity contribution in [2.45, 2.75) is 52.9 Å². The highest BCUT2D eigenvalue weighted by Crippen LogP contribution is 2.57. The third kappa shape index (κ3) is 1.19. The van der Waals surface area contributed by atoms with Crippen molar-refractivity contribution in [2.75, 3.05) is 0 Å². The van der Waals surface area contributed by atoms with Gasteiger partial charge in [0.2, 0.25) is 0 Å². The van der Waals surface area contributed by atoms with E-state index < -0.39 is 0 Å². The van der Waals surface area contributed by atoms with E-state index in [4.69, 9.17) is 5.84 Å². The topological polar surface area (TPSA) is 38.4 Å². The number of hydrogen-bond donors (Lipinski definition) is 1. The quantitative estimate of drug-likeness (QED) is 0.467. The highest BCUT2D eigenvalue weighted by Gasteiger charge is 2.52. The summed E-state index contributed by atoms with van der Waals surface area (Å²) in [6, 6.07) is 0. The van der Waals surface area contributed by atoms with Gasteiger partial charge in [-0.25, -0.2) is 0 Å². The molecule has 0 radical (unpaired) electrons. The van der Waals surface area contributed by atoms with Gasteiger partial charge in [0.05, 0.1) is 0 Å². The van der Waals surface area contributed by atoms with E-state index in [0.29, 0.717) is 10.8 Å². The van der Waals surface area contributed by atoms with Crippen molar-refractivity contribution in [1.82, 2.24) is 0 Å². The SMILES string of the molecule is CC1(C)CCC[C@]2(C)/C(=N/N)CC[C@@H]12. The van der Waals surface area contributed by atoms with Gasteiger partial charge in [-0.15, -0.1) is 0 Å². The second-order valence-electron chi connectivity index (χ2n) is 5.93. The third-order valence-corrected chi connectivity index (χ3v) is 4.71. The Labute approximate surface area is 86.9 Å². The number of hydrogen-bond acceptors (Lipinski definition) is 2. The Morgan fingerprint density at radius 1 is 1.29 bits per heavy atom. The van der Waals surface area contributed by atoms with Crippen molar-refractivity contribution in [2.24, 2.45) is 27.7 Å². The monoisotopic (exact) mass is 194 g/mol. The lowest BCUT2D eigenvalue weighted by Gasteiger charge is -2.47. The van der Waals surface area contributed by atoms with Crippen LogP contribution in [0.4, 0.5) is 0 Å². The van der Waals surface area contributed by atoms with E-state index in [1.54, 1.807) is 0 Å². The first-order valence-corrected chi connectivity index (χ1v) is 5.78. The lowest BCUT2D eigenvalue weighted by Crippen LogP contribution is -2.42. The molecule has 2 aliphatic carbocycles. The summed E-state index contributed by atoms with van der Waals surface area (Å²) in [6.45, 7) is 7.19. The molecule has 0 aromatic rings. The van der Waals surface area contributed by atoms with Crippen LogP contribution in [-0.4, -0.2) is 5.71 Å². The maximum absolute atomic E-state index is 5.50. The normalized spacial score (nSPS) is 43.9. The van der Waals surface area contributed by atoms with Crippen LogP contribution in [0.1, 0.15) is 52.9 Å². The molecule has 0 aliphatic heterocycles. The Kier molecular flexibility index (Phi) is 2.13. The number of fused-ring (bicyclic) bond motifs is 1. The fraction of sp³-hybridized carbons (Fsp3) is 0.917. The lowest BCUT2D eigenvalue weighted by atomic mass is 9.58. The lowest BCUT2D eigenvalue weighted by molar-refractivity contribution is 0.0601. The van der Waals surface area contributed by atoms with Gasteiger partial charge < -0.3 is 5.84 Å². The van der Waals surface area contributed by atoms with Crippen LogP contribution in [0.2, 0.25) is 0 Å². The summed E-state index contributed by atoms with van der Waals surface area (Å²) < 4.78 is 0. The summed E-state index contributed by atoms with van der Waals surface area (Å²) in [7, 11) is 0. The molecule has 2 fully saturated rings. The highest BCUT2D eigenvalue weighted by atomic mass is 15.1. The molecular weight excluding hydrogens is 172 g/mol. The molecule has 0 saturated heterocycles. The van der Waals surface area contributed by atoms with Gasteiger partial charge in [-0.2, -0.15) is 5.10 Å². The number of hydrazone groups is 1. The average Bonchev–Trinajstić information content (AvgIpc) is 2.42. The summed E-state index contributed by atoms with van der Waals surface area (Å²) in [5, 5.41) is 4.03. The van der Waals surface area contributed by atoms with Crippen molar-refractivity contribution >= 4 is 5.71 Å². The fourth-order valence-corrected chi connectivity index (χ4v) is 3.96. The molecule has 80 valence electrons. The standard InChI is InChI=1S/C12H22N2/c1-11(2)7-4-8-12(3)9(11)5-6-10(12)14-13/h9H,4-8,13H2,1-3H3/b14-10+/t9-,12-/m0/s1. The Bertz CT molecular complexity index is 267. The molecular formula is C12H22N2. The molecule has 2 nitrogen and oxygen atoms in total. The van der Waals surface area contributed by atoms with Crippen molar-refractivity contribution < 1.29 is 0 Å². The second-order valence-corrected chi connectivity index (χ2v) is 5.93. The van der Waals surface area contributed by atoms with Crippen LogP contribution in [0.3, 0.4) is 0 Å². The molecule has 0 bridgehead atoms. The van der Waals surface area contributed by atoms with Crippen LogP contribution in [0.25, 0.3) is 0 Å². The second kappa shape index (κ2) is 2.98. The minimum absolute atomic E-state index is 0.316. The molecule has 0 unspecified atom stereocenters. The van der Waals surface area contributed by atoms with Gasteiger partial charge in [-0.3, -0.25) is 0 Å². The van der Waals surface area contributed by atoms with Crippen LogP contribution in [0, 0.1) is 16.7 Å². The molecule has 2 N–H and O–H groups in total. The first kappa shape index (κ1) is 10.0. The van der Waals surface area contributed by atoms with Crippen molar-refractivity contribution in [3.8, 4) is 0 Å². The predicted octanol–water partition coefficient (Wildman–Crippen LogP) is 2.93. The van der Waals surface area contributed by atoms with Crippen molar-refractivity contribution in [3.05, 3.63) is 0 Å². The van der Waals surface area contributed by atoms with E-state index >= 15 is 0 Å². The van der Waals surface area contributed by atoms with E-state index in [1.807, 2.05) is 0 Å². The van der Waals surface area contributed by atoms with Gasteiger partial charge in [0, 0.05) is 11.1 Å². The Morgan fingerprint density at radius 2 is 2.00 bits per heavy atom. The molecule has 2 aliphatic rings. The van der Waals surface area contributed by atoms with Crippen LogP contribution in [0.5, 0.6) is 0 Å². The highest BCUT2D eigenvalue weighted by molar-refractivity contribution is 5.92. The zero-order valence-electron chi connectivity index (χ0n) is 9.64. The number of rotatable bonds is 0. The predicted molar refractivity (Wildman–Crippen MR) is 60.1 cm³/mol. The molecule has 2 atom stereocenters. The third-order valence-electron chi connectivity index (χ3n) is 4.71.